The Balaban J connectivity index is 3.03. The van der Waals surface area contributed by atoms with Crippen molar-refractivity contribution in [2.75, 3.05) is 27.4 Å². The average Bonchev–Trinajstić information content (AvgIpc) is 2.50. The van der Waals surface area contributed by atoms with Crippen LogP contribution in [-0.2, 0) is 4.74 Å². The van der Waals surface area contributed by atoms with Gasteiger partial charge in [0.1, 0.15) is 12.3 Å². The summed E-state index contributed by atoms with van der Waals surface area (Å²) in [7, 11) is 3.02. The minimum absolute atomic E-state index is 0.186. The zero-order valence-corrected chi connectivity index (χ0v) is 13.9. The predicted molar refractivity (Wildman–Crippen MR) is 83.9 cm³/mol. The van der Waals surface area contributed by atoms with Crippen LogP contribution in [0, 0.1) is 0 Å². The van der Waals surface area contributed by atoms with Crippen LogP contribution in [0.15, 0.2) is 29.4 Å². The molecule has 0 saturated carbocycles. The molecule has 0 unspecified atom stereocenters. The summed E-state index contributed by atoms with van der Waals surface area (Å²) in [6.45, 7) is 2.57. The summed E-state index contributed by atoms with van der Waals surface area (Å²) in [5.41, 5.74) is 1.25. The van der Waals surface area contributed by atoms with Crippen molar-refractivity contribution in [2.24, 2.45) is 5.10 Å². The Hall–Kier alpha value is -1.76. The van der Waals surface area contributed by atoms with Crippen LogP contribution >= 0.6 is 0 Å². The van der Waals surface area contributed by atoms with E-state index in [2.05, 4.69) is 5.10 Å². The van der Waals surface area contributed by atoms with Crippen LogP contribution in [0.2, 0.25) is 0 Å². The van der Waals surface area contributed by atoms with Gasteiger partial charge in [-0.3, -0.25) is 5.01 Å². The molecule has 4 nitrogen and oxygen atoms in total. The Morgan fingerprint density at radius 3 is 2.26 bits per heavy atom. The minimum Gasteiger partial charge on any atom is -0.497 e. The van der Waals surface area contributed by atoms with Crippen LogP contribution in [0.5, 0.6) is 5.75 Å². The lowest BCUT2D eigenvalue weighted by atomic mass is 10.1. The van der Waals surface area contributed by atoms with Gasteiger partial charge < -0.3 is 9.47 Å². The van der Waals surface area contributed by atoms with Gasteiger partial charge in [-0.15, -0.1) is 0 Å². The molecule has 0 amide bonds. The van der Waals surface area contributed by atoms with Crippen molar-refractivity contribution in [1.82, 2.24) is 5.01 Å². The van der Waals surface area contributed by atoms with Crippen molar-refractivity contribution >= 4 is 5.71 Å². The standard InChI is InChI=1S/C16H23F3N2O2/c1-5-14(10-22-3)21(11-16(17,18)19)20-12(2)13-6-8-15(23-4)9-7-13/h6-9,14H,5,10-11H2,1-4H3/b20-12+/t14-/m1/s1. The van der Waals surface area contributed by atoms with Gasteiger partial charge in [-0.25, -0.2) is 0 Å². The lowest BCUT2D eigenvalue weighted by Gasteiger charge is -2.29. The highest BCUT2D eigenvalue weighted by molar-refractivity contribution is 5.98. The number of methoxy groups -OCH3 is 2. The van der Waals surface area contributed by atoms with Gasteiger partial charge in [-0.2, -0.15) is 18.3 Å². The molecule has 0 radical (unpaired) electrons. The summed E-state index contributed by atoms with van der Waals surface area (Å²) in [4.78, 5) is 0. The van der Waals surface area contributed by atoms with Gasteiger partial charge in [-0.05, 0) is 43.2 Å². The fourth-order valence-corrected chi connectivity index (χ4v) is 2.12. The van der Waals surface area contributed by atoms with E-state index in [1.807, 2.05) is 6.92 Å². The van der Waals surface area contributed by atoms with Gasteiger partial charge in [0.25, 0.3) is 0 Å². The van der Waals surface area contributed by atoms with E-state index in [1.54, 1.807) is 38.3 Å². The van der Waals surface area contributed by atoms with Crippen LogP contribution in [0.3, 0.4) is 0 Å². The van der Waals surface area contributed by atoms with E-state index in [-0.39, 0.29) is 6.61 Å². The van der Waals surface area contributed by atoms with Crippen LogP contribution in [0.4, 0.5) is 13.2 Å². The summed E-state index contributed by atoms with van der Waals surface area (Å²) in [5.74, 6) is 0.680. The number of hydrazone groups is 1. The van der Waals surface area contributed by atoms with Crippen LogP contribution in [0.25, 0.3) is 0 Å². The number of rotatable bonds is 8. The first-order valence-corrected chi connectivity index (χ1v) is 7.32. The highest BCUT2D eigenvalue weighted by atomic mass is 19.4. The molecule has 0 bridgehead atoms. The molecule has 1 atom stereocenters. The Labute approximate surface area is 134 Å². The largest absolute Gasteiger partial charge is 0.497 e. The van der Waals surface area contributed by atoms with Crippen LogP contribution < -0.4 is 4.74 Å². The molecule has 0 saturated heterocycles. The predicted octanol–water partition coefficient (Wildman–Crippen LogP) is 3.71. The number of hydrogen-bond donors (Lipinski definition) is 0. The number of ether oxygens (including phenoxy) is 2. The molecule has 1 aromatic carbocycles. The van der Waals surface area contributed by atoms with Gasteiger partial charge in [0, 0.05) is 7.11 Å². The second kappa shape index (κ2) is 8.76. The maximum atomic E-state index is 12.8. The van der Waals surface area contributed by atoms with Crippen LogP contribution in [0.1, 0.15) is 25.8 Å². The van der Waals surface area contributed by atoms with Crippen molar-refractivity contribution < 1.29 is 22.6 Å². The molecular formula is C16H23F3N2O2. The van der Waals surface area contributed by atoms with E-state index >= 15 is 0 Å². The fourth-order valence-electron chi connectivity index (χ4n) is 2.12. The van der Waals surface area contributed by atoms with Crippen molar-refractivity contribution in [2.45, 2.75) is 32.5 Å². The van der Waals surface area contributed by atoms with E-state index in [0.717, 1.165) is 10.6 Å². The molecule has 7 heteroatoms. The molecule has 0 fully saturated rings. The Bertz CT molecular complexity index is 501. The topological polar surface area (TPSA) is 34.1 Å². The van der Waals surface area contributed by atoms with Gasteiger partial charge in [0.2, 0.25) is 0 Å². The molecule has 0 heterocycles. The SMILES string of the molecule is CC[C@H](COC)N(CC(F)(F)F)/N=C(\C)c1ccc(OC)cc1. The van der Waals surface area contributed by atoms with Gasteiger partial charge in [0.15, 0.2) is 0 Å². The number of alkyl halides is 3. The molecule has 0 aromatic heterocycles. The van der Waals surface area contributed by atoms with Gasteiger partial charge >= 0.3 is 6.18 Å². The van der Waals surface area contributed by atoms with E-state index in [0.29, 0.717) is 17.9 Å². The maximum absolute atomic E-state index is 12.8. The molecular weight excluding hydrogens is 309 g/mol. The molecule has 1 aromatic rings. The van der Waals surface area contributed by atoms with E-state index in [9.17, 15) is 13.2 Å². The maximum Gasteiger partial charge on any atom is 0.407 e. The first kappa shape index (κ1) is 19.3. The summed E-state index contributed by atoms with van der Waals surface area (Å²) in [5, 5.41) is 5.25. The second-order valence-corrected chi connectivity index (χ2v) is 5.14. The molecule has 1 rings (SSSR count). The normalized spacial score (nSPS) is 13.8. The summed E-state index contributed by atoms with van der Waals surface area (Å²) in [6.07, 6.45) is -3.83. The zero-order valence-electron chi connectivity index (χ0n) is 13.9. The smallest absolute Gasteiger partial charge is 0.407 e. The van der Waals surface area contributed by atoms with Gasteiger partial charge in [0.05, 0.1) is 25.5 Å². The molecule has 0 spiro atoms. The second-order valence-electron chi connectivity index (χ2n) is 5.14. The van der Waals surface area contributed by atoms with E-state index in [1.165, 1.54) is 7.11 Å². The molecule has 0 N–H and O–H groups in total. The molecule has 23 heavy (non-hydrogen) atoms. The Morgan fingerprint density at radius 1 is 1.22 bits per heavy atom. The summed E-state index contributed by atoms with van der Waals surface area (Å²) in [6, 6.07) is 6.58. The first-order chi connectivity index (χ1) is 10.8. The first-order valence-electron chi connectivity index (χ1n) is 7.32. The van der Waals surface area contributed by atoms with Crippen molar-refractivity contribution in [3.63, 3.8) is 0 Å². The quantitative estimate of drug-likeness (QED) is 0.538. The lowest BCUT2D eigenvalue weighted by molar-refractivity contribution is -0.153. The minimum atomic E-state index is -4.33. The number of benzene rings is 1. The highest BCUT2D eigenvalue weighted by Crippen LogP contribution is 2.20. The fraction of sp³-hybridized carbons (Fsp3) is 0.562. The zero-order chi connectivity index (χ0) is 17.5. The molecule has 0 aliphatic rings. The third-order valence-corrected chi connectivity index (χ3v) is 3.38. The average molecular weight is 332 g/mol. The lowest BCUT2D eigenvalue weighted by Crippen LogP contribution is -2.41. The monoisotopic (exact) mass is 332 g/mol. The van der Waals surface area contributed by atoms with E-state index < -0.39 is 18.8 Å². The highest BCUT2D eigenvalue weighted by Gasteiger charge is 2.33. The van der Waals surface area contributed by atoms with Crippen molar-refractivity contribution in [3.8, 4) is 5.75 Å². The number of nitrogens with zero attached hydrogens (tertiary/aromatic N) is 2. The third-order valence-electron chi connectivity index (χ3n) is 3.38. The summed E-state index contributed by atoms with van der Waals surface area (Å²) >= 11 is 0. The summed E-state index contributed by atoms with van der Waals surface area (Å²) < 4.78 is 48.6. The van der Waals surface area contributed by atoms with Crippen LogP contribution in [-0.4, -0.2) is 50.3 Å². The molecule has 0 aliphatic heterocycles. The molecule has 130 valence electrons. The van der Waals surface area contributed by atoms with Gasteiger partial charge in [-0.1, -0.05) is 6.92 Å². The molecule has 0 aliphatic carbocycles. The van der Waals surface area contributed by atoms with Crippen molar-refractivity contribution in [1.29, 1.82) is 0 Å². The number of halogens is 3. The Morgan fingerprint density at radius 2 is 1.83 bits per heavy atom. The van der Waals surface area contributed by atoms with Crippen molar-refractivity contribution in [3.05, 3.63) is 29.8 Å². The van der Waals surface area contributed by atoms with E-state index in [4.69, 9.17) is 9.47 Å². The third kappa shape index (κ3) is 6.48. The Kier molecular flexibility index (Phi) is 7.35. The number of hydrogen-bond acceptors (Lipinski definition) is 4.